The van der Waals surface area contributed by atoms with Crippen LogP contribution in [-0.2, 0) is 4.65 Å². The van der Waals surface area contributed by atoms with Gasteiger partial charge in [0.15, 0.2) is 0 Å². The minimum Gasteiger partial charge on any atom is -0.470 e. The molecule has 0 radical (unpaired) electrons. The van der Waals surface area contributed by atoms with E-state index in [-0.39, 0.29) is 0 Å². The molecule has 1 aromatic rings. The van der Waals surface area contributed by atoms with Gasteiger partial charge in [0.25, 0.3) is 0 Å². The summed E-state index contributed by atoms with van der Waals surface area (Å²) in [6, 6.07) is 3.40. The summed E-state index contributed by atoms with van der Waals surface area (Å²) in [4.78, 5) is 0. The lowest BCUT2D eigenvalue weighted by Crippen LogP contribution is -2.52. The maximum absolute atomic E-state index is 9.88. The number of hydrogen-bond acceptors (Lipinski definition) is 4. The summed E-state index contributed by atoms with van der Waals surface area (Å²) < 4.78 is 10.7. The summed E-state index contributed by atoms with van der Waals surface area (Å²) in [6.07, 6.45) is 0. The Morgan fingerprint density at radius 2 is 1.81 bits per heavy atom. The topological polar surface area (TPSA) is 62.8 Å². The summed E-state index contributed by atoms with van der Waals surface area (Å²) >= 11 is 0. The maximum Gasteiger partial charge on any atom is 0.529 e. The first-order chi connectivity index (χ1) is 7.13. The lowest BCUT2D eigenvalue weighted by Gasteiger charge is -2.38. The molecule has 2 N–H and O–H groups in total. The lowest BCUT2D eigenvalue weighted by molar-refractivity contribution is -0.0986. The molecule has 1 aromatic heterocycles. The molecule has 4 nitrogen and oxygen atoms in total. The summed E-state index contributed by atoms with van der Waals surface area (Å²) in [6.45, 7) is 8.48. The van der Waals surface area contributed by atoms with E-state index in [4.69, 9.17) is 9.07 Å². The second-order valence-electron chi connectivity index (χ2n) is 4.99. The zero-order valence-electron chi connectivity index (χ0n) is 10.4. The van der Waals surface area contributed by atoms with Gasteiger partial charge in [-0.1, -0.05) is 0 Å². The van der Waals surface area contributed by atoms with Gasteiger partial charge in [0.2, 0.25) is 0 Å². The molecular formula is C11H19BO4. The van der Waals surface area contributed by atoms with Crippen LogP contribution in [-0.4, -0.2) is 28.5 Å². The number of aryl methyl sites for hydroxylation is 1. The monoisotopic (exact) mass is 226 g/mol. The van der Waals surface area contributed by atoms with Crippen molar-refractivity contribution in [1.29, 1.82) is 0 Å². The van der Waals surface area contributed by atoms with E-state index in [0.717, 1.165) is 0 Å². The van der Waals surface area contributed by atoms with Gasteiger partial charge in [0.05, 0.1) is 17.0 Å². The van der Waals surface area contributed by atoms with Gasteiger partial charge in [0.1, 0.15) is 5.66 Å². The highest BCUT2D eigenvalue weighted by atomic mass is 16.6. The highest BCUT2D eigenvalue weighted by Crippen LogP contribution is 2.25. The largest absolute Gasteiger partial charge is 0.529 e. The van der Waals surface area contributed by atoms with Crippen LogP contribution in [0.1, 0.15) is 33.5 Å². The zero-order valence-corrected chi connectivity index (χ0v) is 10.4. The van der Waals surface area contributed by atoms with E-state index in [2.05, 4.69) is 0 Å². The summed E-state index contributed by atoms with van der Waals surface area (Å²) in [5.41, 5.74) is -1.60. The van der Waals surface area contributed by atoms with Gasteiger partial charge >= 0.3 is 7.12 Å². The minimum atomic E-state index is -1.17. The number of aliphatic hydroxyl groups is 1. The van der Waals surface area contributed by atoms with Gasteiger partial charge in [0, 0.05) is 0 Å². The molecule has 0 atom stereocenters. The standard InChI is InChI=1S/C11H19BO4/c1-8-6-7-9(15-8)12(14)16-11(4,5)10(2,3)13/h6-7,13-14H,1-5H3. The second-order valence-corrected chi connectivity index (χ2v) is 4.99. The third-order valence-corrected chi connectivity index (χ3v) is 2.88. The first-order valence-electron chi connectivity index (χ1n) is 5.28. The second kappa shape index (κ2) is 4.24. The van der Waals surface area contributed by atoms with Crippen LogP contribution in [0.15, 0.2) is 16.5 Å². The molecule has 0 unspecified atom stereocenters. The third-order valence-electron chi connectivity index (χ3n) is 2.88. The molecule has 1 rings (SSSR count). The fourth-order valence-corrected chi connectivity index (χ4v) is 1.07. The van der Waals surface area contributed by atoms with E-state index < -0.39 is 18.3 Å². The van der Waals surface area contributed by atoms with E-state index in [1.54, 1.807) is 46.8 Å². The molecule has 0 aliphatic carbocycles. The van der Waals surface area contributed by atoms with Crippen molar-refractivity contribution in [2.75, 3.05) is 0 Å². The Labute approximate surface area is 96.4 Å². The van der Waals surface area contributed by atoms with Gasteiger partial charge in [-0.15, -0.1) is 0 Å². The molecule has 0 saturated carbocycles. The molecular weight excluding hydrogens is 207 g/mol. The predicted molar refractivity (Wildman–Crippen MR) is 62.5 cm³/mol. The van der Waals surface area contributed by atoms with Gasteiger partial charge in [-0.25, -0.2) is 0 Å². The normalized spacial score (nSPS) is 12.9. The molecule has 16 heavy (non-hydrogen) atoms. The molecule has 5 heteroatoms. The van der Waals surface area contributed by atoms with Crippen molar-refractivity contribution in [2.45, 2.75) is 45.8 Å². The molecule has 0 bridgehead atoms. The predicted octanol–water partition coefficient (Wildman–Crippen LogP) is 0.842. The van der Waals surface area contributed by atoms with Crippen LogP contribution in [0.4, 0.5) is 0 Å². The highest BCUT2D eigenvalue weighted by molar-refractivity contribution is 6.58. The van der Waals surface area contributed by atoms with Crippen molar-refractivity contribution < 1.29 is 19.2 Å². The Morgan fingerprint density at radius 1 is 1.25 bits per heavy atom. The molecule has 1 heterocycles. The Kier molecular flexibility index (Phi) is 3.52. The molecule has 0 aliphatic heterocycles. The molecule has 90 valence electrons. The number of hydrogen-bond donors (Lipinski definition) is 2. The van der Waals surface area contributed by atoms with E-state index in [9.17, 15) is 10.1 Å². The smallest absolute Gasteiger partial charge is 0.470 e. The number of rotatable bonds is 4. The SMILES string of the molecule is Cc1ccc(B(O)OC(C)(C)C(C)(C)O)o1. The fourth-order valence-electron chi connectivity index (χ4n) is 1.07. The molecule has 0 aliphatic rings. The van der Waals surface area contributed by atoms with Crippen LogP contribution < -0.4 is 5.66 Å². The number of furan rings is 1. The highest BCUT2D eigenvalue weighted by Gasteiger charge is 2.40. The Hall–Kier alpha value is -0.775. The van der Waals surface area contributed by atoms with Crippen LogP contribution in [0.3, 0.4) is 0 Å². The van der Waals surface area contributed by atoms with Crippen LogP contribution in [0, 0.1) is 6.92 Å². The first-order valence-corrected chi connectivity index (χ1v) is 5.28. The average molecular weight is 226 g/mol. The van der Waals surface area contributed by atoms with Crippen molar-refractivity contribution in [1.82, 2.24) is 0 Å². The van der Waals surface area contributed by atoms with Crippen LogP contribution in [0.25, 0.3) is 0 Å². The average Bonchev–Trinajstić information content (AvgIpc) is 2.48. The summed E-state index contributed by atoms with van der Waals surface area (Å²) in [5.74, 6) is 0.707. The molecule has 0 amide bonds. The Balaban J connectivity index is 2.75. The van der Waals surface area contributed by atoms with E-state index in [1.807, 2.05) is 0 Å². The van der Waals surface area contributed by atoms with Crippen molar-refractivity contribution in [3.05, 3.63) is 17.9 Å². The van der Waals surface area contributed by atoms with Crippen molar-refractivity contribution >= 4 is 12.8 Å². The third kappa shape index (κ3) is 2.87. The van der Waals surface area contributed by atoms with Gasteiger partial charge in [-0.2, -0.15) is 0 Å². The van der Waals surface area contributed by atoms with Crippen LogP contribution in [0.2, 0.25) is 0 Å². The quantitative estimate of drug-likeness (QED) is 0.747. The lowest BCUT2D eigenvalue weighted by atomic mass is 9.81. The van der Waals surface area contributed by atoms with Gasteiger partial charge in [-0.05, 0) is 46.8 Å². The molecule has 0 saturated heterocycles. The molecule has 0 spiro atoms. The summed E-state index contributed by atoms with van der Waals surface area (Å²) in [7, 11) is -1.17. The molecule has 0 aromatic carbocycles. The van der Waals surface area contributed by atoms with Gasteiger partial charge < -0.3 is 19.2 Å². The van der Waals surface area contributed by atoms with Crippen LogP contribution >= 0.6 is 0 Å². The maximum atomic E-state index is 9.88. The Bertz CT molecular complexity index is 351. The van der Waals surface area contributed by atoms with Crippen molar-refractivity contribution in [3.63, 3.8) is 0 Å². The molecule has 0 fully saturated rings. The van der Waals surface area contributed by atoms with E-state index in [0.29, 0.717) is 11.4 Å². The van der Waals surface area contributed by atoms with E-state index in [1.165, 1.54) is 0 Å². The van der Waals surface area contributed by atoms with Crippen molar-refractivity contribution in [2.24, 2.45) is 0 Å². The Morgan fingerprint density at radius 3 is 2.19 bits per heavy atom. The van der Waals surface area contributed by atoms with Crippen LogP contribution in [0.5, 0.6) is 0 Å². The fraction of sp³-hybridized carbons (Fsp3) is 0.636. The van der Waals surface area contributed by atoms with Gasteiger partial charge in [-0.3, -0.25) is 0 Å². The summed E-state index contributed by atoms with van der Waals surface area (Å²) in [5, 5.41) is 19.7. The first kappa shape index (κ1) is 13.3. The van der Waals surface area contributed by atoms with E-state index >= 15 is 0 Å². The minimum absolute atomic E-state index is 0.342. The van der Waals surface area contributed by atoms with Crippen molar-refractivity contribution in [3.8, 4) is 0 Å². The zero-order chi connectivity index (χ0) is 12.6.